The molecule has 0 saturated carbocycles. The molecule has 0 saturated heterocycles. The highest BCUT2D eigenvalue weighted by Gasteiger charge is 2.35. The van der Waals surface area contributed by atoms with Crippen LogP contribution in [0.25, 0.3) is 22.2 Å². The van der Waals surface area contributed by atoms with Gasteiger partial charge < -0.3 is 4.90 Å². The second-order valence-electron chi connectivity index (χ2n) is 7.81. The number of carbonyl (C=O) groups is 1. The Kier molecular flexibility index (Phi) is 4.54. The van der Waals surface area contributed by atoms with E-state index in [1.165, 1.54) is 6.20 Å². The van der Waals surface area contributed by atoms with Crippen molar-refractivity contribution in [1.82, 2.24) is 29.4 Å². The molecule has 3 aromatic heterocycles. The number of aryl methyl sites for hydroxylation is 1. The Morgan fingerprint density at radius 1 is 1.22 bits per heavy atom. The maximum absolute atomic E-state index is 13.3. The minimum atomic E-state index is -4.58. The van der Waals surface area contributed by atoms with Crippen molar-refractivity contribution >= 4 is 16.8 Å². The Bertz CT molecular complexity index is 1340. The molecule has 0 radical (unpaired) electrons. The third-order valence-electron chi connectivity index (χ3n) is 5.87. The molecule has 1 aliphatic heterocycles. The normalized spacial score (nSPS) is 16.4. The van der Waals surface area contributed by atoms with E-state index in [9.17, 15) is 18.0 Å². The lowest BCUT2D eigenvalue weighted by molar-refractivity contribution is -0.212. The van der Waals surface area contributed by atoms with Gasteiger partial charge in [-0.05, 0) is 37.6 Å². The van der Waals surface area contributed by atoms with Crippen molar-refractivity contribution in [2.45, 2.75) is 25.7 Å². The third-order valence-corrected chi connectivity index (χ3v) is 5.87. The molecule has 4 aromatic rings. The van der Waals surface area contributed by atoms with Crippen LogP contribution in [0.5, 0.6) is 0 Å². The summed E-state index contributed by atoms with van der Waals surface area (Å²) < 4.78 is 40.5. The summed E-state index contributed by atoms with van der Waals surface area (Å²) in [7, 11) is 1.69. The van der Waals surface area contributed by atoms with Crippen LogP contribution >= 0.6 is 0 Å². The molecule has 0 bridgehead atoms. The van der Waals surface area contributed by atoms with Crippen LogP contribution in [0, 0.1) is 0 Å². The van der Waals surface area contributed by atoms with Gasteiger partial charge in [-0.2, -0.15) is 14.9 Å². The van der Waals surface area contributed by atoms with E-state index in [0.29, 0.717) is 35.5 Å². The van der Waals surface area contributed by atoms with E-state index in [-0.39, 0.29) is 16.6 Å². The second-order valence-corrected chi connectivity index (χ2v) is 7.81. The molecule has 10 heteroatoms. The minimum Gasteiger partial charge on any atom is -0.330 e. The number of hydrogen-bond acceptors (Lipinski definition) is 4. The smallest absolute Gasteiger partial charge is 0.330 e. The van der Waals surface area contributed by atoms with Gasteiger partial charge in [-0.3, -0.25) is 14.5 Å². The molecular weight excluding hydrogens is 421 g/mol. The average molecular weight is 440 g/mol. The number of rotatable bonds is 2. The Morgan fingerprint density at radius 3 is 2.78 bits per heavy atom. The lowest BCUT2D eigenvalue weighted by Gasteiger charge is -2.33. The monoisotopic (exact) mass is 440 g/mol. The molecule has 1 atom stereocenters. The predicted molar refractivity (Wildman–Crippen MR) is 111 cm³/mol. The standard InChI is InChI=1S/C22H19F3N6O/c1-13-19-17(20(29(2)28-19)16-11-27-31(12-16)22(23,24)25)7-9-30(13)21(32)15-5-6-18-14(10-15)4-3-8-26-18/h3-6,8,10-13H,7,9H2,1-2H3/t13-/m0/s1. The number of pyridine rings is 1. The molecule has 0 N–H and O–H groups in total. The van der Waals surface area contributed by atoms with Crippen LogP contribution in [0.1, 0.15) is 34.6 Å². The van der Waals surface area contributed by atoms with Crippen molar-refractivity contribution in [2.75, 3.05) is 6.54 Å². The SMILES string of the molecule is C[C@H]1c2nn(C)c(-c3cnn(C(F)(F)F)c3)c2CCN1C(=O)c1ccc2ncccc2c1. The van der Waals surface area contributed by atoms with Gasteiger partial charge in [0.05, 0.1) is 29.1 Å². The fourth-order valence-corrected chi connectivity index (χ4v) is 4.34. The molecule has 1 aliphatic rings. The summed E-state index contributed by atoms with van der Waals surface area (Å²) in [4.78, 5) is 19.3. The molecule has 32 heavy (non-hydrogen) atoms. The summed E-state index contributed by atoms with van der Waals surface area (Å²) in [5.74, 6) is -0.119. The lowest BCUT2D eigenvalue weighted by atomic mass is 9.96. The number of carbonyl (C=O) groups excluding carboxylic acids is 1. The lowest BCUT2D eigenvalue weighted by Crippen LogP contribution is -2.38. The van der Waals surface area contributed by atoms with Gasteiger partial charge in [0.1, 0.15) is 0 Å². The van der Waals surface area contributed by atoms with Crippen molar-refractivity contribution < 1.29 is 18.0 Å². The molecular formula is C22H19F3N6O. The third kappa shape index (κ3) is 3.22. The molecule has 1 aromatic carbocycles. The van der Waals surface area contributed by atoms with Gasteiger partial charge in [0, 0.05) is 48.1 Å². The highest BCUT2D eigenvalue weighted by molar-refractivity contribution is 5.98. The van der Waals surface area contributed by atoms with E-state index in [4.69, 9.17) is 0 Å². The van der Waals surface area contributed by atoms with Gasteiger partial charge in [-0.15, -0.1) is 13.2 Å². The first-order chi connectivity index (χ1) is 15.2. The summed E-state index contributed by atoms with van der Waals surface area (Å²) in [5.41, 5.74) is 3.83. The highest BCUT2D eigenvalue weighted by atomic mass is 19.4. The number of halogens is 3. The van der Waals surface area contributed by atoms with E-state index >= 15 is 0 Å². The molecule has 0 fully saturated rings. The number of nitrogens with zero attached hydrogens (tertiary/aromatic N) is 6. The van der Waals surface area contributed by atoms with Crippen LogP contribution in [0.2, 0.25) is 0 Å². The number of hydrogen-bond donors (Lipinski definition) is 0. The van der Waals surface area contributed by atoms with E-state index < -0.39 is 6.30 Å². The number of aromatic nitrogens is 5. The van der Waals surface area contributed by atoms with E-state index in [1.807, 2.05) is 31.2 Å². The average Bonchev–Trinajstić information content (AvgIpc) is 3.37. The molecule has 164 valence electrons. The van der Waals surface area contributed by atoms with Crippen LogP contribution in [0.3, 0.4) is 0 Å². The fourth-order valence-electron chi connectivity index (χ4n) is 4.34. The van der Waals surface area contributed by atoms with E-state index in [0.717, 1.165) is 22.7 Å². The van der Waals surface area contributed by atoms with Crippen LogP contribution in [0.4, 0.5) is 13.2 Å². The number of benzene rings is 1. The summed E-state index contributed by atoms with van der Waals surface area (Å²) in [6.45, 7) is 2.32. The first-order valence-electron chi connectivity index (χ1n) is 10.1. The number of amides is 1. The Hall–Kier alpha value is -3.69. The van der Waals surface area contributed by atoms with Crippen LogP contribution in [-0.4, -0.2) is 41.9 Å². The first-order valence-corrected chi connectivity index (χ1v) is 10.1. The van der Waals surface area contributed by atoms with Gasteiger partial charge in [0.2, 0.25) is 0 Å². The van der Waals surface area contributed by atoms with Crippen molar-refractivity contribution in [2.24, 2.45) is 7.05 Å². The van der Waals surface area contributed by atoms with Crippen molar-refractivity contribution in [3.05, 3.63) is 65.7 Å². The van der Waals surface area contributed by atoms with E-state index in [1.54, 1.807) is 28.9 Å². The molecule has 1 amide bonds. The van der Waals surface area contributed by atoms with Gasteiger partial charge >= 0.3 is 6.30 Å². The predicted octanol–water partition coefficient (Wildman–Crippen LogP) is 4.07. The summed E-state index contributed by atoms with van der Waals surface area (Å²) in [6, 6.07) is 8.80. The molecule has 0 unspecified atom stereocenters. The van der Waals surface area contributed by atoms with Gasteiger partial charge in [0.25, 0.3) is 5.91 Å². The Balaban J connectivity index is 1.47. The maximum atomic E-state index is 13.3. The molecule has 7 nitrogen and oxygen atoms in total. The maximum Gasteiger partial charge on any atom is 0.504 e. The summed E-state index contributed by atoms with van der Waals surface area (Å²) >= 11 is 0. The zero-order valence-corrected chi connectivity index (χ0v) is 17.3. The summed E-state index contributed by atoms with van der Waals surface area (Å²) in [5, 5.41) is 8.87. The fraction of sp³-hybridized carbons (Fsp3) is 0.273. The van der Waals surface area contributed by atoms with Crippen molar-refractivity contribution in [3.63, 3.8) is 0 Å². The van der Waals surface area contributed by atoms with Gasteiger partial charge in [0.15, 0.2) is 0 Å². The second kappa shape index (κ2) is 7.18. The first kappa shape index (κ1) is 20.2. The topological polar surface area (TPSA) is 68.8 Å². The quantitative estimate of drug-likeness (QED) is 0.471. The number of fused-ring (bicyclic) bond motifs is 2. The van der Waals surface area contributed by atoms with E-state index in [2.05, 4.69) is 15.2 Å². The zero-order chi connectivity index (χ0) is 22.6. The Morgan fingerprint density at radius 2 is 2.03 bits per heavy atom. The highest BCUT2D eigenvalue weighted by Crippen LogP contribution is 2.36. The number of alkyl halides is 3. The molecule has 0 spiro atoms. The Labute approximate surface area is 181 Å². The zero-order valence-electron chi connectivity index (χ0n) is 17.3. The molecule has 4 heterocycles. The van der Waals surface area contributed by atoms with Gasteiger partial charge in [-0.1, -0.05) is 6.07 Å². The van der Waals surface area contributed by atoms with Crippen LogP contribution in [-0.2, 0) is 19.8 Å². The van der Waals surface area contributed by atoms with Crippen molar-refractivity contribution in [3.8, 4) is 11.3 Å². The minimum absolute atomic E-state index is 0.0155. The largest absolute Gasteiger partial charge is 0.504 e. The molecule has 0 aliphatic carbocycles. The van der Waals surface area contributed by atoms with Crippen LogP contribution in [0.15, 0.2) is 48.9 Å². The molecule has 5 rings (SSSR count). The van der Waals surface area contributed by atoms with Crippen LogP contribution < -0.4 is 0 Å². The van der Waals surface area contributed by atoms with Crippen molar-refractivity contribution in [1.29, 1.82) is 0 Å². The summed E-state index contributed by atoms with van der Waals surface area (Å²) in [6.07, 6.45) is -0.239. The van der Waals surface area contributed by atoms with Gasteiger partial charge in [-0.25, -0.2) is 0 Å².